The summed E-state index contributed by atoms with van der Waals surface area (Å²) in [7, 11) is 0. The topological polar surface area (TPSA) is 50.4 Å². The van der Waals surface area contributed by atoms with Crippen molar-refractivity contribution in [2.75, 3.05) is 13.3 Å². The first-order chi connectivity index (χ1) is 8.72. The molecule has 4 nitrogen and oxygen atoms in total. The van der Waals surface area contributed by atoms with Crippen LogP contribution in [-0.2, 0) is 0 Å². The quantitative estimate of drug-likeness (QED) is 0.591. The van der Waals surface area contributed by atoms with Gasteiger partial charge in [-0.3, -0.25) is 0 Å². The molecule has 0 aromatic heterocycles. The Kier molecular flexibility index (Phi) is 7.03. The molecule has 18 heavy (non-hydrogen) atoms. The molecule has 2 amide bonds. The summed E-state index contributed by atoms with van der Waals surface area (Å²) < 4.78 is 5.33. The van der Waals surface area contributed by atoms with E-state index in [1.165, 1.54) is 0 Å². The van der Waals surface area contributed by atoms with E-state index in [1.807, 2.05) is 0 Å². The average molecular weight is 271 g/mol. The summed E-state index contributed by atoms with van der Waals surface area (Å²) in [6.07, 6.45) is 3.27. The van der Waals surface area contributed by atoms with Gasteiger partial charge in [-0.1, -0.05) is 31.4 Å². The summed E-state index contributed by atoms with van der Waals surface area (Å²) in [4.78, 5) is 11.3. The molecule has 0 saturated carbocycles. The molecular weight excluding hydrogens is 252 g/mol. The standard InChI is InChI=1S/C13H19ClN2O2/c1-2-3-4-9-15-13(17)16-10-18-12-7-5-11(14)6-8-12/h5-8H,2-4,9-10H2,1H3,(H2,15,16,17). The Labute approximate surface area is 113 Å². The van der Waals surface area contributed by atoms with Crippen LogP contribution in [0.4, 0.5) is 4.79 Å². The molecule has 1 aromatic carbocycles. The van der Waals surface area contributed by atoms with Gasteiger partial charge in [0, 0.05) is 11.6 Å². The number of amides is 2. The highest BCUT2D eigenvalue weighted by molar-refractivity contribution is 6.30. The summed E-state index contributed by atoms with van der Waals surface area (Å²) >= 11 is 5.74. The van der Waals surface area contributed by atoms with Crippen LogP contribution < -0.4 is 15.4 Å². The van der Waals surface area contributed by atoms with Gasteiger partial charge in [0.1, 0.15) is 5.75 Å². The second-order valence-electron chi connectivity index (χ2n) is 3.88. The van der Waals surface area contributed by atoms with E-state index < -0.39 is 0 Å². The van der Waals surface area contributed by atoms with E-state index >= 15 is 0 Å². The van der Waals surface area contributed by atoms with E-state index in [1.54, 1.807) is 24.3 Å². The number of carbonyl (C=O) groups excluding carboxylic acids is 1. The summed E-state index contributed by atoms with van der Waals surface area (Å²) in [6.45, 7) is 2.96. The second-order valence-corrected chi connectivity index (χ2v) is 4.32. The fraction of sp³-hybridized carbons (Fsp3) is 0.462. The van der Waals surface area contributed by atoms with Gasteiger partial charge in [0.2, 0.25) is 0 Å². The maximum absolute atomic E-state index is 11.3. The van der Waals surface area contributed by atoms with Crippen LogP contribution in [0.25, 0.3) is 0 Å². The molecule has 0 saturated heterocycles. The van der Waals surface area contributed by atoms with Crippen molar-refractivity contribution in [2.24, 2.45) is 0 Å². The van der Waals surface area contributed by atoms with Gasteiger partial charge in [-0.15, -0.1) is 0 Å². The number of halogens is 1. The van der Waals surface area contributed by atoms with Gasteiger partial charge in [0.25, 0.3) is 0 Å². The summed E-state index contributed by atoms with van der Waals surface area (Å²) in [5.74, 6) is 0.672. The number of unbranched alkanes of at least 4 members (excludes halogenated alkanes) is 2. The zero-order valence-corrected chi connectivity index (χ0v) is 11.3. The molecule has 0 radical (unpaired) electrons. The predicted molar refractivity (Wildman–Crippen MR) is 73.0 cm³/mol. The van der Waals surface area contributed by atoms with Crippen LogP contribution in [0.15, 0.2) is 24.3 Å². The Morgan fingerprint density at radius 3 is 2.61 bits per heavy atom. The van der Waals surface area contributed by atoms with Crippen molar-refractivity contribution in [2.45, 2.75) is 26.2 Å². The fourth-order valence-corrected chi connectivity index (χ4v) is 1.48. The SMILES string of the molecule is CCCCCNC(=O)NCOc1ccc(Cl)cc1. The molecule has 0 aliphatic rings. The Balaban J connectivity index is 2.10. The van der Waals surface area contributed by atoms with Gasteiger partial charge in [0.05, 0.1) is 0 Å². The van der Waals surface area contributed by atoms with E-state index in [4.69, 9.17) is 16.3 Å². The van der Waals surface area contributed by atoms with Crippen molar-refractivity contribution in [3.8, 4) is 5.75 Å². The molecule has 0 aliphatic heterocycles. The lowest BCUT2D eigenvalue weighted by Crippen LogP contribution is -2.38. The molecule has 0 aliphatic carbocycles. The molecule has 0 fully saturated rings. The molecule has 5 heteroatoms. The van der Waals surface area contributed by atoms with Crippen molar-refractivity contribution in [3.63, 3.8) is 0 Å². The van der Waals surface area contributed by atoms with E-state index in [0.29, 0.717) is 17.3 Å². The van der Waals surface area contributed by atoms with E-state index in [0.717, 1.165) is 19.3 Å². The van der Waals surface area contributed by atoms with Crippen molar-refractivity contribution in [1.29, 1.82) is 0 Å². The summed E-state index contributed by atoms with van der Waals surface area (Å²) in [6, 6.07) is 6.77. The molecule has 0 unspecified atom stereocenters. The normalized spacial score (nSPS) is 9.89. The third-order valence-corrected chi connectivity index (χ3v) is 2.60. The Bertz CT molecular complexity index is 355. The predicted octanol–water partition coefficient (Wildman–Crippen LogP) is 3.17. The van der Waals surface area contributed by atoms with Crippen LogP contribution >= 0.6 is 11.6 Å². The first kappa shape index (κ1) is 14.6. The van der Waals surface area contributed by atoms with E-state index in [9.17, 15) is 4.79 Å². The molecule has 2 N–H and O–H groups in total. The number of rotatable bonds is 7. The van der Waals surface area contributed by atoms with Gasteiger partial charge >= 0.3 is 6.03 Å². The minimum atomic E-state index is -0.208. The van der Waals surface area contributed by atoms with Crippen LogP contribution in [0.1, 0.15) is 26.2 Å². The molecular formula is C13H19ClN2O2. The summed E-state index contributed by atoms with van der Waals surface area (Å²) in [5, 5.41) is 6.04. The van der Waals surface area contributed by atoms with Crippen molar-refractivity contribution < 1.29 is 9.53 Å². The zero-order valence-electron chi connectivity index (χ0n) is 10.5. The molecule has 0 heterocycles. The lowest BCUT2D eigenvalue weighted by atomic mass is 10.2. The molecule has 100 valence electrons. The van der Waals surface area contributed by atoms with Gasteiger partial charge in [0.15, 0.2) is 6.73 Å². The van der Waals surface area contributed by atoms with Gasteiger partial charge in [-0.05, 0) is 30.7 Å². The Hall–Kier alpha value is -1.42. The second kappa shape index (κ2) is 8.64. The number of benzene rings is 1. The molecule has 0 spiro atoms. The number of hydrogen-bond acceptors (Lipinski definition) is 2. The van der Waals surface area contributed by atoms with Crippen LogP contribution in [-0.4, -0.2) is 19.3 Å². The number of hydrogen-bond donors (Lipinski definition) is 2. The van der Waals surface area contributed by atoms with Crippen molar-refractivity contribution in [1.82, 2.24) is 10.6 Å². The van der Waals surface area contributed by atoms with E-state index in [-0.39, 0.29) is 12.8 Å². The minimum Gasteiger partial charge on any atom is -0.473 e. The number of ether oxygens (including phenoxy) is 1. The Morgan fingerprint density at radius 1 is 1.22 bits per heavy atom. The third kappa shape index (κ3) is 6.35. The maximum Gasteiger partial charge on any atom is 0.317 e. The fourth-order valence-electron chi connectivity index (χ4n) is 1.36. The number of nitrogens with one attached hydrogen (secondary N) is 2. The van der Waals surface area contributed by atoms with Crippen molar-refractivity contribution in [3.05, 3.63) is 29.3 Å². The highest BCUT2D eigenvalue weighted by Gasteiger charge is 1.99. The lowest BCUT2D eigenvalue weighted by molar-refractivity contribution is 0.224. The van der Waals surface area contributed by atoms with Crippen LogP contribution in [0.2, 0.25) is 5.02 Å². The molecule has 1 rings (SSSR count). The minimum absolute atomic E-state index is 0.140. The van der Waals surface area contributed by atoms with Crippen LogP contribution in [0.5, 0.6) is 5.75 Å². The highest BCUT2D eigenvalue weighted by Crippen LogP contribution is 2.14. The first-order valence-electron chi connectivity index (χ1n) is 6.12. The lowest BCUT2D eigenvalue weighted by Gasteiger charge is -2.09. The van der Waals surface area contributed by atoms with Crippen LogP contribution in [0, 0.1) is 0 Å². The Morgan fingerprint density at radius 2 is 1.94 bits per heavy atom. The van der Waals surface area contributed by atoms with Gasteiger partial charge < -0.3 is 15.4 Å². The molecule has 0 atom stereocenters. The molecule has 0 bridgehead atoms. The van der Waals surface area contributed by atoms with Gasteiger partial charge in [-0.2, -0.15) is 0 Å². The van der Waals surface area contributed by atoms with Gasteiger partial charge in [-0.25, -0.2) is 4.79 Å². The average Bonchev–Trinajstić information content (AvgIpc) is 2.37. The van der Waals surface area contributed by atoms with Crippen LogP contribution in [0.3, 0.4) is 0 Å². The van der Waals surface area contributed by atoms with E-state index in [2.05, 4.69) is 17.6 Å². The highest BCUT2D eigenvalue weighted by atomic mass is 35.5. The largest absolute Gasteiger partial charge is 0.473 e. The smallest absolute Gasteiger partial charge is 0.317 e. The third-order valence-electron chi connectivity index (χ3n) is 2.35. The monoisotopic (exact) mass is 270 g/mol. The number of urea groups is 1. The first-order valence-corrected chi connectivity index (χ1v) is 6.50. The zero-order chi connectivity index (χ0) is 13.2. The van der Waals surface area contributed by atoms with Crippen molar-refractivity contribution >= 4 is 17.6 Å². The summed E-state index contributed by atoms with van der Waals surface area (Å²) in [5.41, 5.74) is 0. The maximum atomic E-state index is 11.3. The molecule has 1 aromatic rings. The number of carbonyl (C=O) groups is 1.